The minimum Gasteiger partial charge on any atom is -0.481 e. The average Bonchev–Trinajstić information content (AvgIpc) is 4.00. The standard InChI is InChI=1S/C42H74N10O12.C2H4O2/c1-7-24(5)33(49-35(56)26(44)21-53)40(61)50-34(25(6)8-2)41(62)52-18-12-15-31(52)39(60)48-29(22-54)36(57)45-20-32(55)51-17-11-14-30(51)38(59)47-28(19-23(3)4)37(58)46-27(42(63)64)13-9-10-16-43;1-2(3)4/h23-31,33-34,53-54H,7-22,43-44H2,1-6H3,(H,45,57)(H,46,58)(H,47,59)(H,48,60)(H,49,56)(H,50,61)(H,63,64);1H3,(H,3,4)/t24-,25-,26-,27-,28-,29-,30-,31-,33-,34-;/m0./s1. The molecule has 0 aromatic carbocycles. The van der Waals surface area contributed by atoms with E-state index >= 15 is 0 Å². The Hall–Kier alpha value is -5.46. The van der Waals surface area contributed by atoms with Crippen LogP contribution in [0.4, 0.5) is 0 Å². The number of carboxylic acids is 2. The van der Waals surface area contributed by atoms with E-state index in [0.717, 1.165) is 6.92 Å². The quantitative estimate of drug-likeness (QED) is 0.0372. The number of carbonyl (C=O) groups is 10. The zero-order chi connectivity index (χ0) is 51.8. The molecular weight excluding hydrogens is 893 g/mol. The first-order valence-corrected chi connectivity index (χ1v) is 23.5. The van der Waals surface area contributed by atoms with E-state index < -0.39 is 133 Å². The van der Waals surface area contributed by atoms with Crippen LogP contribution in [0.15, 0.2) is 0 Å². The van der Waals surface area contributed by atoms with Crippen LogP contribution in [0.5, 0.6) is 0 Å². The van der Waals surface area contributed by atoms with Gasteiger partial charge in [0, 0.05) is 20.0 Å². The van der Waals surface area contributed by atoms with Crippen LogP contribution in [0, 0.1) is 17.8 Å². The molecule has 2 aliphatic heterocycles. The van der Waals surface area contributed by atoms with Crippen molar-refractivity contribution in [3.8, 4) is 0 Å². The summed E-state index contributed by atoms with van der Waals surface area (Å²) >= 11 is 0. The van der Waals surface area contributed by atoms with Gasteiger partial charge in [-0.15, -0.1) is 0 Å². The molecule has 0 aromatic heterocycles. The van der Waals surface area contributed by atoms with Crippen molar-refractivity contribution in [3.05, 3.63) is 0 Å². The molecule has 14 N–H and O–H groups in total. The summed E-state index contributed by atoms with van der Waals surface area (Å²) in [5, 5.41) is 51.9. The lowest BCUT2D eigenvalue weighted by Crippen LogP contribution is -2.61. The maximum absolute atomic E-state index is 14.1. The minimum absolute atomic E-state index is 0.0619. The van der Waals surface area contributed by atoms with Crippen molar-refractivity contribution in [1.29, 1.82) is 0 Å². The highest BCUT2D eigenvalue weighted by atomic mass is 16.4. The van der Waals surface area contributed by atoms with E-state index in [4.69, 9.17) is 21.4 Å². The molecule has 0 radical (unpaired) electrons. The van der Waals surface area contributed by atoms with E-state index in [0.29, 0.717) is 45.1 Å². The number of nitrogens with zero attached hydrogens (tertiary/aromatic N) is 2. The van der Waals surface area contributed by atoms with Gasteiger partial charge in [-0.2, -0.15) is 0 Å². The van der Waals surface area contributed by atoms with Crippen molar-refractivity contribution in [2.75, 3.05) is 39.4 Å². The molecule has 2 saturated heterocycles. The zero-order valence-electron chi connectivity index (χ0n) is 40.6. The fourth-order valence-corrected chi connectivity index (χ4v) is 7.63. The molecule has 2 fully saturated rings. The first-order chi connectivity index (χ1) is 32.0. The molecule has 24 heteroatoms. The van der Waals surface area contributed by atoms with E-state index in [-0.39, 0.29) is 50.6 Å². The first-order valence-electron chi connectivity index (χ1n) is 23.5. The highest BCUT2D eigenvalue weighted by Gasteiger charge is 2.42. The molecule has 0 aliphatic carbocycles. The Morgan fingerprint density at radius 2 is 1.16 bits per heavy atom. The van der Waals surface area contributed by atoms with Gasteiger partial charge in [0.2, 0.25) is 47.3 Å². The summed E-state index contributed by atoms with van der Waals surface area (Å²) in [4.78, 5) is 131. The Morgan fingerprint density at radius 1 is 0.647 bits per heavy atom. The number of aliphatic hydroxyl groups is 2. The molecule has 0 unspecified atom stereocenters. The monoisotopic (exact) mass is 971 g/mol. The number of hydrogen-bond acceptors (Lipinski definition) is 14. The van der Waals surface area contributed by atoms with Gasteiger partial charge in [-0.25, -0.2) is 4.79 Å². The fourth-order valence-electron chi connectivity index (χ4n) is 7.63. The van der Waals surface area contributed by atoms with Crippen molar-refractivity contribution in [2.24, 2.45) is 29.2 Å². The van der Waals surface area contributed by atoms with Gasteiger partial charge in [0.1, 0.15) is 48.3 Å². The molecule has 24 nitrogen and oxygen atoms in total. The lowest BCUT2D eigenvalue weighted by molar-refractivity contribution is -0.144. The molecule has 0 spiro atoms. The van der Waals surface area contributed by atoms with E-state index in [2.05, 4.69) is 31.9 Å². The van der Waals surface area contributed by atoms with Crippen LogP contribution in [-0.2, 0) is 47.9 Å². The lowest BCUT2D eigenvalue weighted by Gasteiger charge is -2.33. The lowest BCUT2D eigenvalue weighted by atomic mass is 9.94. The number of rotatable bonds is 27. The number of likely N-dealkylation sites (tertiary alicyclic amines) is 2. The topological polar surface area (TPSA) is 382 Å². The highest BCUT2D eigenvalue weighted by molar-refractivity contribution is 5.98. The molecule has 10 atom stereocenters. The van der Waals surface area contributed by atoms with E-state index in [1.807, 2.05) is 27.7 Å². The molecule has 0 saturated carbocycles. The second-order valence-corrected chi connectivity index (χ2v) is 17.8. The summed E-state index contributed by atoms with van der Waals surface area (Å²) in [6.07, 6.45) is 3.71. The van der Waals surface area contributed by atoms with Gasteiger partial charge in [0.15, 0.2) is 0 Å². The Balaban J connectivity index is 0.00000554. The Bertz CT molecular complexity index is 1720. The second kappa shape index (κ2) is 30.8. The number of nitrogens with one attached hydrogen (secondary N) is 6. The predicted octanol–water partition coefficient (Wildman–Crippen LogP) is -2.74. The third kappa shape index (κ3) is 19.6. The Kier molecular flexibility index (Phi) is 27.5. The predicted molar refractivity (Wildman–Crippen MR) is 246 cm³/mol. The van der Waals surface area contributed by atoms with Gasteiger partial charge in [0.05, 0.1) is 19.8 Å². The van der Waals surface area contributed by atoms with Gasteiger partial charge in [-0.05, 0) is 75.7 Å². The molecule has 2 heterocycles. The smallest absolute Gasteiger partial charge is 0.326 e. The third-order valence-electron chi connectivity index (χ3n) is 11.9. The number of nitrogens with two attached hydrogens (primary N) is 2. The van der Waals surface area contributed by atoms with Crippen LogP contribution in [0.3, 0.4) is 0 Å². The van der Waals surface area contributed by atoms with E-state index in [1.165, 1.54) is 9.80 Å². The maximum Gasteiger partial charge on any atom is 0.326 e. The number of hydrogen-bond donors (Lipinski definition) is 12. The molecule has 2 aliphatic rings. The van der Waals surface area contributed by atoms with Crippen LogP contribution in [0.2, 0.25) is 0 Å². The van der Waals surface area contributed by atoms with Crippen LogP contribution in [-0.4, -0.2) is 177 Å². The van der Waals surface area contributed by atoms with Gasteiger partial charge in [-0.1, -0.05) is 54.4 Å². The molecule has 0 aromatic rings. The summed E-state index contributed by atoms with van der Waals surface area (Å²) in [6.45, 7) is 10.5. The number of carbonyl (C=O) groups excluding carboxylic acids is 8. The van der Waals surface area contributed by atoms with Crippen molar-refractivity contribution >= 4 is 59.2 Å². The van der Waals surface area contributed by atoms with Crippen LogP contribution in [0.1, 0.15) is 113 Å². The fraction of sp³-hybridized carbons (Fsp3) is 0.773. The van der Waals surface area contributed by atoms with Gasteiger partial charge < -0.3 is 73.6 Å². The van der Waals surface area contributed by atoms with Crippen molar-refractivity contribution in [1.82, 2.24) is 41.7 Å². The maximum atomic E-state index is 14.1. The number of unbranched alkanes of at least 4 members (excludes halogenated alkanes) is 1. The molecule has 2 rings (SSSR count). The van der Waals surface area contributed by atoms with Crippen LogP contribution >= 0.6 is 0 Å². The van der Waals surface area contributed by atoms with E-state index in [9.17, 15) is 58.5 Å². The number of aliphatic carboxylic acids is 2. The molecular formula is C44H78N10O14. The zero-order valence-corrected chi connectivity index (χ0v) is 40.6. The van der Waals surface area contributed by atoms with Gasteiger partial charge in [0.25, 0.3) is 5.97 Å². The minimum atomic E-state index is -1.52. The van der Waals surface area contributed by atoms with Gasteiger partial charge in [-0.3, -0.25) is 43.2 Å². The van der Waals surface area contributed by atoms with E-state index in [1.54, 1.807) is 13.8 Å². The van der Waals surface area contributed by atoms with Crippen LogP contribution in [0.25, 0.3) is 0 Å². The number of amides is 8. The first kappa shape index (κ1) is 60.6. The van der Waals surface area contributed by atoms with Gasteiger partial charge >= 0.3 is 5.97 Å². The summed E-state index contributed by atoms with van der Waals surface area (Å²) in [5.41, 5.74) is 11.2. The summed E-state index contributed by atoms with van der Waals surface area (Å²) < 4.78 is 0. The average molecular weight is 971 g/mol. The normalized spacial score (nSPS) is 19.1. The summed E-state index contributed by atoms with van der Waals surface area (Å²) in [6, 6.07) is -9.27. The molecule has 0 bridgehead atoms. The SMILES string of the molecule is CC(=O)O.CC[C@H](C)[C@H](NC(=O)[C@@H](N)CO)C(=O)N[C@H](C(=O)N1CCC[C@H]1C(=O)N[C@@H](CO)C(=O)NCC(=O)N1CCC[C@H]1C(=O)N[C@@H](CC(C)C)C(=O)N[C@@H](CCCCN)C(=O)O)[C@@H](C)CC. The Labute approximate surface area is 398 Å². The second-order valence-electron chi connectivity index (χ2n) is 17.8. The van der Waals surface area contributed by atoms with Crippen molar-refractivity contribution < 1.29 is 68.4 Å². The van der Waals surface area contributed by atoms with Crippen molar-refractivity contribution in [2.45, 2.75) is 161 Å². The molecule has 68 heavy (non-hydrogen) atoms. The Morgan fingerprint density at radius 3 is 1.66 bits per heavy atom. The molecule has 8 amide bonds. The third-order valence-corrected chi connectivity index (χ3v) is 11.9. The summed E-state index contributed by atoms with van der Waals surface area (Å²) in [7, 11) is 0. The largest absolute Gasteiger partial charge is 0.481 e. The van der Waals surface area contributed by atoms with Crippen molar-refractivity contribution in [3.63, 3.8) is 0 Å². The number of aliphatic hydroxyl groups excluding tert-OH is 2. The number of carboxylic acid groups (broad SMARTS) is 2. The molecule has 388 valence electrons. The highest BCUT2D eigenvalue weighted by Crippen LogP contribution is 2.23. The summed E-state index contributed by atoms with van der Waals surface area (Å²) in [5.74, 6) is -8.40. The van der Waals surface area contributed by atoms with Crippen LogP contribution < -0.4 is 43.4 Å².